The molecule has 0 saturated heterocycles. The molecule has 0 spiro atoms. The van der Waals surface area contributed by atoms with Gasteiger partial charge in [0, 0.05) is 31.5 Å². The summed E-state index contributed by atoms with van der Waals surface area (Å²) < 4.78 is 8.25. The average molecular weight is 375 g/mol. The first-order valence-corrected chi connectivity index (χ1v) is 12.1. The normalized spacial score (nSPS) is 12.0. The van der Waals surface area contributed by atoms with Gasteiger partial charge in [-0.3, -0.25) is 4.57 Å². The molecule has 0 aliphatic carbocycles. The Morgan fingerprint density at radius 3 is 2.80 bits per heavy atom. The summed E-state index contributed by atoms with van der Waals surface area (Å²) in [5.41, 5.74) is 1.36. The summed E-state index contributed by atoms with van der Waals surface area (Å²) in [4.78, 5) is 4.39. The number of rotatable bonds is 5. The summed E-state index contributed by atoms with van der Waals surface area (Å²) in [5.74, 6) is 0. The number of pyridine rings is 2. The molecular formula is C17H19ClN4O2Si. The first-order chi connectivity index (χ1) is 11.8. The van der Waals surface area contributed by atoms with Crippen molar-refractivity contribution in [3.63, 3.8) is 0 Å². The van der Waals surface area contributed by atoms with E-state index >= 15 is 0 Å². The smallest absolute Gasteiger partial charge is 0.295 e. The van der Waals surface area contributed by atoms with Crippen molar-refractivity contribution < 1.29 is 9.47 Å². The largest absolute Gasteiger partial charge is 0.618 e. The van der Waals surface area contributed by atoms with Crippen LogP contribution >= 0.6 is 11.6 Å². The van der Waals surface area contributed by atoms with Crippen LogP contribution in [0.3, 0.4) is 0 Å². The third-order valence-corrected chi connectivity index (χ3v) is 5.96. The van der Waals surface area contributed by atoms with Crippen molar-refractivity contribution in [2.75, 3.05) is 6.61 Å². The zero-order chi connectivity index (χ0) is 18.2. The van der Waals surface area contributed by atoms with E-state index in [0.29, 0.717) is 27.7 Å². The summed E-state index contributed by atoms with van der Waals surface area (Å²) in [6, 6.07) is 8.09. The van der Waals surface area contributed by atoms with Crippen LogP contribution in [0.5, 0.6) is 0 Å². The lowest BCUT2D eigenvalue weighted by Crippen LogP contribution is -2.30. The van der Waals surface area contributed by atoms with E-state index in [-0.39, 0.29) is 12.4 Å². The zero-order valence-corrected chi connectivity index (χ0v) is 16.2. The molecule has 0 atom stereocenters. The summed E-state index contributed by atoms with van der Waals surface area (Å²) in [6.07, 6.45) is 1.39. The van der Waals surface area contributed by atoms with Gasteiger partial charge in [0.05, 0.1) is 0 Å². The maximum Gasteiger partial charge on any atom is 0.295 e. The van der Waals surface area contributed by atoms with Crippen LogP contribution in [-0.2, 0) is 11.5 Å². The minimum absolute atomic E-state index is 0.0427. The van der Waals surface area contributed by atoms with E-state index in [1.165, 1.54) is 6.20 Å². The van der Waals surface area contributed by atoms with Crippen LogP contribution in [0.25, 0.3) is 21.9 Å². The molecule has 8 heteroatoms. The molecule has 3 rings (SSSR count). The first kappa shape index (κ1) is 17.7. The SMILES string of the molecule is C[Si](C)(C)CCOCn1c2c[n+]([O-])c(C#N)cc2c2ccc(Cl)nc21. The van der Waals surface area contributed by atoms with Crippen LogP contribution in [0, 0.1) is 16.5 Å². The van der Waals surface area contributed by atoms with E-state index in [9.17, 15) is 5.21 Å². The van der Waals surface area contributed by atoms with Crippen LogP contribution in [0.1, 0.15) is 5.69 Å². The fourth-order valence-corrected chi connectivity index (χ4v) is 3.56. The summed E-state index contributed by atoms with van der Waals surface area (Å²) in [5, 5.41) is 23.1. The third-order valence-electron chi connectivity index (χ3n) is 4.04. The highest BCUT2D eigenvalue weighted by Gasteiger charge is 2.18. The average Bonchev–Trinajstić information content (AvgIpc) is 2.82. The molecule has 6 nitrogen and oxygen atoms in total. The Bertz CT molecular complexity index is 988. The molecule has 0 radical (unpaired) electrons. The first-order valence-electron chi connectivity index (χ1n) is 8.00. The van der Waals surface area contributed by atoms with Crippen molar-refractivity contribution in [1.82, 2.24) is 9.55 Å². The minimum atomic E-state index is -1.18. The maximum absolute atomic E-state index is 12.0. The van der Waals surface area contributed by atoms with Crippen LogP contribution < -0.4 is 4.73 Å². The molecule has 0 fully saturated rings. The Morgan fingerprint density at radius 1 is 1.36 bits per heavy atom. The van der Waals surface area contributed by atoms with E-state index in [1.807, 2.05) is 16.7 Å². The van der Waals surface area contributed by atoms with Crippen molar-refractivity contribution in [2.45, 2.75) is 32.4 Å². The van der Waals surface area contributed by atoms with Gasteiger partial charge in [-0.1, -0.05) is 31.2 Å². The summed E-state index contributed by atoms with van der Waals surface area (Å²) in [7, 11) is -1.18. The lowest BCUT2D eigenvalue weighted by atomic mass is 10.2. The zero-order valence-electron chi connectivity index (χ0n) is 14.4. The van der Waals surface area contributed by atoms with E-state index in [2.05, 4.69) is 24.6 Å². The molecule has 0 aliphatic rings. The molecule has 3 aromatic rings. The second-order valence-corrected chi connectivity index (χ2v) is 13.2. The fourth-order valence-electron chi connectivity index (χ4n) is 2.66. The number of aromatic nitrogens is 3. The van der Waals surface area contributed by atoms with Gasteiger partial charge in [0.1, 0.15) is 23.0 Å². The van der Waals surface area contributed by atoms with E-state index in [1.54, 1.807) is 12.1 Å². The molecule has 0 bridgehead atoms. The van der Waals surface area contributed by atoms with E-state index in [0.717, 1.165) is 16.8 Å². The van der Waals surface area contributed by atoms with Gasteiger partial charge in [0.25, 0.3) is 5.69 Å². The maximum atomic E-state index is 12.0. The van der Waals surface area contributed by atoms with Gasteiger partial charge in [-0.25, -0.2) is 4.98 Å². The van der Waals surface area contributed by atoms with Gasteiger partial charge in [-0.15, -0.1) is 0 Å². The van der Waals surface area contributed by atoms with Crippen molar-refractivity contribution >= 4 is 41.6 Å². The standard InChI is InChI=1S/C17H19ClN4O2Si/c1-25(2,3)7-6-24-11-21-15-10-22(23)12(9-19)8-14(15)13-4-5-16(18)20-17(13)21/h4-5,8,10H,6-7,11H2,1-3H3. The van der Waals surface area contributed by atoms with Crippen LogP contribution in [0.2, 0.25) is 30.8 Å². The molecule has 0 saturated carbocycles. The Morgan fingerprint density at radius 2 is 2.12 bits per heavy atom. The van der Waals surface area contributed by atoms with Crippen LogP contribution in [0.4, 0.5) is 0 Å². The Balaban J connectivity index is 2.06. The highest BCUT2D eigenvalue weighted by atomic mass is 35.5. The predicted molar refractivity (Wildman–Crippen MR) is 100 cm³/mol. The van der Waals surface area contributed by atoms with Crippen LogP contribution in [-0.4, -0.2) is 24.2 Å². The molecule has 0 amide bonds. The summed E-state index contributed by atoms with van der Waals surface area (Å²) in [6.45, 7) is 7.82. The van der Waals surface area contributed by atoms with Gasteiger partial charge in [-0.2, -0.15) is 9.99 Å². The molecule has 0 N–H and O–H groups in total. The minimum Gasteiger partial charge on any atom is -0.618 e. The van der Waals surface area contributed by atoms with Gasteiger partial charge in [0.15, 0.2) is 6.07 Å². The van der Waals surface area contributed by atoms with Crippen molar-refractivity contribution in [1.29, 1.82) is 5.26 Å². The molecule has 0 aromatic carbocycles. The van der Waals surface area contributed by atoms with Crippen molar-refractivity contribution in [2.24, 2.45) is 0 Å². The third kappa shape index (κ3) is 3.61. The van der Waals surface area contributed by atoms with E-state index < -0.39 is 8.07 Å². The molecule has 130 valence electrons. The van der Waals surface area contributed by atoms with Crippen LogP contribution in [0.15, 0.2) is 24.4 Å². The number of nitriles is 1. The lowest BCUT2D eigenvalue weighted by molar-refractivity contribution is -0.606. The van der Waals surface area contributed by atoms with Crippen molar-refractivity contribution in [3.8, 4) is 6.07 Å². The lowest BCUT2D eigenvalue weighted by Gasteiger charge is -2.16. The van der Waals surface area contributed by atoms with E-state index in [4.69, 9.17) is 21.6 Å². The van der Waals surface area contributed by atoms with Gasteiger partial charge in [-0.05, 0) is 18.2 Å². The van der Waals surface area contributed by atoms with Crippen molar-refractivity contribution in [3.05, 3.63) is 40.5 Å². The number of nitrogens with zero attached hydrogens (tertiary/aromatic N) is 4. The molecule has 25 heavy (non-hydrogen) atoms. The number of ether oxygens (including phenoxy) is 1. The number of halogens is 1. The predicted octanol–water partition coefficient (Wildman–Crippen LogP) is 3.66. The second-order valence-electron chi connectivity index (χ2n) is 7.18. The Kier molecular flexibility index (Phi) is 4.69. The number of fused-ring (bicyclic) bond motifs is 3. The van der Waals surface area contributed by atoms with Gasteiger partial charge >= 0.3 is 0 Å². The monoisotopic (exact) mass is 374 g/mol. The van der Waals surface area contributed by atoms with Gasteiger partial charge in [0.2, 0.25) is 6.20 Å². The highest BCUT2D eigenvalue weighted by molar-refractivity contribution is 6.76. The molecule has 0 unspecified atom stereocenters. The molecule has 3 heterocycles. The molecule has 0 aliphatic heterocycles. The highest BCUT2D eigenvalue weighted by Crippen LogP contribution is 2.28. The molecular weight excluding hydrogens is 356 g/mol. The topological polar surface area (TPSA) is 77.8 Å². The number of hydrogen-bond donors (Lipinski definition) is 0. The summed E-state index contributed by atoms with van der Waals surface area (Å²) >= 11 is 6.05. The fraction of sp³-hybridized carbons (Fsp3) is 0.353. The number of hydrogen-bond acceptors (Lipinski definition) is 4. The molecule has 3 aromatic heterocycles. The second kappa shape index (κ2) is 6.63. The Labute approximate surface area is 151 Å². The quantitative estimate of drug-likeness (QED) is 0.224. The van der Waals surface area contributed by atoms with Gasteiger partial charge < -0.3 is 9.94 Å². The Hall–Kier alpha value is -2.14.